The van der Waals surface area contributed by atoms with E-state index in [4.69, 9.17) is 9.47 Å². The van der Waals surface area contributed by atoms with Gasteiger partial charge in [0.25, 0.3) is 0 Å². The highest BCUT2D eigenvalue weighted by Crippen LogP contribution is 2.26. The van der Waals surface area contributed by atoms with Gasteiger partial charge < -0.3 is 14.6 Å². The highest BCUT2D eigenvalue weighted by molar-refractivity contribution is 5.69. The van der Waals surface area contributed by atoms with Crippen LogP contribution >= 0.6 is 0 Å². The molecule has 0 saturated heterocycles. The molecule has 1 aromatic carbocycles. The summed E-state index contributed by atoms with van der Waals surface area (Å²) in [6.45, 7) is 4.19. The van der Waals surface area contributed by atoms with Gasteiger partial charge in [-0.3, -0.25) is 4.79 Å². The Morgan fingerprint density at radius 2 is 2.16 bits per heavy atom. The molecule has 1 rings (SSSR count). The lowest BCUT2D eigenvalue weighted by Gasteiger charge is -2.05. The number of aromatic hydroxyl groups is 1. The van der Waals surface area contributed by atoms with Crippen molar-refractivity contribution in [3.8, 4) is 11.5 Å². The zero-order chi connectivity index (χ0) is 14.3. The summed E-state index contributed by atoms with van der Waals surface area (Å²) in [5, 5.41) is 9.44. The van der Waals surface area contributed by atoms with Crippen LogP contribution in [0.5, 0.6) is 11.5 Å². The Morgan fingerprint density at radius 3 is 2.79 bits per heavy atom. The van der Waals surface area contributed by atoms with E-state index in [-0.39, 0.29) is 18.3 Å². The van der Waals surface area contributed by atoms with Crippen molar-refractivity contribution in [2.24, 2.45) is 5.92 Å². The summed E-state index contributed by atoms with van der Waals surface area (Å²) in [5.74, 6) is 0.628. The number of carbonyl (C=O) groups is 1. The molecule has 0 aliphatic heterocycles. The maximum absolute atomic E-state index is 11.3. The summed E-state index contributed by atoms with van der Waals surface area (Å²) in [5.41, 5.74) is 0.870. The third-order valence-electron chi connectivity index (χ3n) is 2.43. The quantitative estimate of drug-likeness (QED) is 0.802. The largest absolute Gasteiger partial charge is 0.504 e. The molecule has 1 aromatic rings. The van der Waals surface area contributed by atoms with Gasteiger partial charge in [0.1, 0.15) is 6.61 Å². The van der Waals surface area contributed by atoms with Crippen LogP contribution in [0.2, 0.25) is 0 Å². The van der Waals surface area contributed by atoms with Gasteiger partial charge in [-0.1, -0.05) is 26.0 Å². The van der Waals surface area contributed by atoms with E-state index in [0.717, 1.165) is 5.56 Å². The summed E-state index contributed by atoms with van der Waals surface area (Å²) in [6.07, 6.45) is 4.00. The molecule has 0 aliphatic carbocycles. The fourth-order valence-corrected chi connectivity index (χ4v) is 1.52. The molecule has 1 N–H and O–H groups in total. The minimum Gasteiger partial charge on any atom is -0.504 e. The molecule has 0 aliphatic rings. The monoisotopic (exact) mass is 264 g/mol. The van der Waals surface area contributed by atoms with Crippen molar-refractivity contribution in [3.63, 3.8) is 0 Å². The average molecular weight is 264 g/mol. The summed E-state index contributed by atoms with van der Waals surface area (Å²) in [7, 11) is 1.50. The first-order valence-electron chi connectivity index (χ1n) is 6.22. The fourth-order valence-electron chi connectivity index (χ4n) is 1.52. The van der Waals surface area contributed by atoms with E-state index >= 15 is 0 Å². The predicted molar refractivity (Wildman–Crippen MR) is 74.1 cm³/mol. The molecule has 0 saturated carbocycles. The lowest BCUT2D eigenvalue weighted by atomic mass is 10.1. The Morgan fingerprint density at radius 1 is 1.42 bits per heavy atom. The van der Waals surface area contributed by atoms with Gasteiger partial charge in [-0.15, -0.1) is 0 Å². The Balaban J connectivity index is 2.47. The second-order valence-electron chi connectivity index (χ2n) is 4.61. The molecule has 0 radical (unpaired) electrons. The van der Waals surface area contributed by atoms with Crippen molar-refractivity contribution in [3.05, 3.63) is 29.8 Å². The number of benzene rings is 1. The number of rotatable bonds is 6. The molecule has 4 heteroatoms. The SMILES string of the molecule is COc1cc(/C=C/COC(=O)CC(C)C)ccc1O. The van der Waals surface area contributed by atoms with E-state index in [1.54, 1.807) is 24.3 Å². The number of carbonyl (C=O) groups excluding carboxylic acids is 1. The molecule has 0 amide bonds. The normalized spacial score (nSPS) is 10.9. The summed E-state index contributed by atoms with van der Waals surface area (Å²) >= 11 is 0. The van der Waals surface area contributed by atoms with E-state index < -0.39 is 0 Å². The topological polar surface area (TPSA) is 55.8 Å². The summed E-state index contributed by atoms with van der Waals surface area (Å²) in [6, 6.07) is 5.02. The van der Waals surface area contributed by atoms with Crippen molar-refractivity contribution < 1.29 is 19.4 Å². The average Bonchev–Trinajstić information content (AvgIpc) is 2.35. The van der Waals surface area contributed by atoms with Gasteiger partial charge in [0, 0.05) is 6.42 Å². The minimum absolute atomic E-state index is 0.100. The van der Waals surface area contributed by atoms with Crippen LogP contribution in [-0.2, 0) is 9.53 Å². The van der Waals surface area contributed by atoms with E-state index in [1.165, 1.54) is 7.11 Å². The number of phenols is 1. The number of phenolic OH excluding ortho intramolecular Hbond substituents is 1. The van der Waals surface area contributed by atoms with Crippen LogP contribution in [0.15, 0.2) is 24.3 Å². The van der Waals surface area contributed by atoms with Crippen LogP contribution in [0.4, 0.5) is 0 Å². The predicted octanol–water partition coefficient (Wildman–Crippen LogP) is 3.00. The molecular weight excluding hydrogens is 244 g/mol. The minimum atomic E-state index is -0.192. The van der Waals surface area contributed by atoms with Crippen LogP contribution < -0.4 is 4.74 Å². The number of ether oxygens (including phenoxy) is 2. The van der Waals surface area contributed by atoms with Gasteiger partial charge in [0.15, 0.2) is 11.5 Å². The molecule has 4 nitrogen and oxygen atoms in total. The van der Waals surface area contributed by atoms with Gasteiger partial charge in [0.05, 0.1) is 7.11 Å². The fraction of sp³-hybridized carbons (Fsp3) is 0.400. The second kappa shape index (κ2) is 7.46. The first-order valence-corrected chi connectivity index (χ1v) is 6.22. The molecule has 0 spiro atoms. The van der Waals surface area contributed by atoms with Crippen LogP contribution in [0.1, 0.15) is 25.8 Å². The Kier molecular flexibility index (Phi) is 5.93. The standard InChI is InChI=1S/C15H20O4/c1-11(2)9-15(17)19-8-4-5-12-6-7-13(16)14(10-12)18-3/h4-7,10-11,16H,8-9H2,1-3H3/b5-4+. The highest BCUT2D eigenvalue weighted by Gasteiger charge is 2.04. The number of methoxy groups -OCH3 is 1. The highest BCUT2D eigenvalue weighted by atomic mass is 16.5. The molecule has 0 atom stereocenters. The van der Waals surface area contributed by atoms with Crippen molar-refractivity contribution in [2.75, 3.05) is 13.7 Å². The molecule has 19 heavy (non-hydrogen) atoms. The maximum atomic E-state index is 11.3. The van der Waals surface area contributed by atoms with E-state index in [1.807, 2.05) is 19.9 Å². The first-order chi connectivity index (χ1) is 9.02. The van der Waals surface area contributed by atoms with Crippen molar-refractivity contribution in [1.29, 1.82) is 0 Å². The van der Waals surface area contributed by atoms with Crippen LogP contribution in [0.3, 0.4) is 0 Å². The smallest absolute Gasteiger partial charge is 0.306 e. The first kappa shape index (κ1) is 15.1. The number of hydrogen-bond acceptors (Lipinski definition) is 4. The molecule has 0 aromatic heterocycles. The van der Waals surface area contributed by atoms with E-state index in [9.17, 15) is 9.90 Å². The van der Waals surface area contributed by atoms with Crippen molar-refractivity contribution in [2.45, 2.75) is 20.3 Å². The van der Waals surface area contributed by atoms with Crippen LogP contribution in [0, 0.1) is 5.92 Å². The maximum Gasteiger partial charge on any atom is 0.306 e. The molecular formula is C15H20O4. The number of esters is 1. The van der Waals surface area contributed by atoms with Gasteiger partial charge in [0.2, 0.25) is 0 Å². The van der Waals surface area contributed by atoms with Crippen molar-refractivity contribution in [1.82, 2.24) is 0 Å². The number of hydrogen-bond donors (Lipinski definition) is 1. The Hall–Kier alpha value is -1.97. The molecule has 0 fully saturated rings. The van der Waals surface area contributed by atoms with Gasteiger partial charge in [-0.05, 0) is 29.7 Å². The van der Waals surface area contributed by atoms with E-state index in [2.05, 4.69) is 0 Å². The van der Waals surface area contributed by atoms with Crippen molar-refractivity contribution >= 4 is 12.0 Å². The zero-order valence-corrected chi connectivity index (χ0v) is 11.6. The third kappa shape index (κ3) is 5.46. The van der Waals surface area contributed by atoms with Gasteiger partial charge >= 0.3 is 5.97 Å². The lowest BCUT2D eigenvalue weighted by molar-refractivity contribution is -0.143. The molecule has 0 bridgehead atoms. The molecule has 0 unspecified atom stereocenters. The van der Waals surface area contributed by atoms with Crippen LogP contribution in [0.25, 0.3) is 6.08 Å². The zero-order valence-electron chi connectivity index (χ0n) is 11.6. The molecule has 104 valence electrons. The lowest BCUT2D eigenvalue weighted by Crippen LogP contribution is -2.07. The Labute approximate surface area is 113 Å². The van der Waals surface area contributed by atoms with Gasteiger partial charge in [-0.2, -0.15) is 0 Å². The molecule has 0 heterocycles. The van der Waals surface area contributed by atoms with Gasteiger partial charge in [-0.25, -0.2) is 0 Å². The Bertz CT molecular complexity index is 449. The summed E-state index contributed by atoms with van der Waals surface area (Å²) < 4.78 is 10.1. The summed E-state index contributed by atoms with van der Waals surface area (Å²) in [4.78, 5) is 11.3. The van der Waals surface area contributed by atoms with E-state index in [0.29, 0.717) is 18.1 Å². The second-order valence-corrected chi connectivity index (χ2v) is 4.61. The van der Waals surface area contributed by atoms with Crippen LogP contribution in [-0.4, -0.2) is 24.8 Å². The third-order valence-corrected chi connectivity index (χ3v) is 2.43.